The first-order valence-electron chi connectivity index (χ1n) is 6.14. The van der Waals surface area contributed by atoms with Gasteiger partial charge in [0.1, 0.15) is 19.2 Å². The van der Waals surface area contributed by atoms with E-state index in [1.54, 1.807) is 36.7 Å². The van der Waals surface area contributed by atoms with E-state index in [2.05, 4.69) is 4.18 Å². The van der Waals surface area contributed by atoms with Crippen LogP contribution in [-0.4, -0.2) is 42.1 Å². The maximum Gasteiger partial charge on any atom is 0.344 e. The summed E-state index contributed by atoms with van der Waals surface area (Å²) in [5.74, 6) is -0.399. The molecule has 0 unspecified atom stereocenters. The molecule has 0 bridgehead atoms. The molecule has 8 nitrogen and oxygen atoms in total. The molecule has 1 rings (SSSR count). The van der Waals surface area contributed by atoms with E-state index < -0.39 is 21.9 Å². The fourth-order valence-electron chi connectivity index (χ4n) is 1.08. The number of carbonyl (C=O) groups is 1. The number of nitrogens with zero attached hydrogens (tertiary/aromatic N) is 2. The molecule has 0 N–H and O–H groups in total. The first kappa shape index (κ1) is 22.0. The van der Waals surface area contributed by atoms with E-state index in [1.807, 2.05) is 13.2 Å². The Morgan fingerprint density at radius 1 is 1.43 bits per heavy atom. The first-order chi connectivity index (χ1) is 10.4. The first-order valence-corrected chi connectivity index (χ1v) is 8.15. The average molecular weight is 389 g/mol. The normalized spacial score (nSPS) is 11.7. The summed E-state index contributed by atoms with van der Waals surface area (Å²) in [6.45, 7) is 3.65. The summed E-state index contributed by atoms with van der Waals surface area (Å²) in [4.78, 5) is 11.7. The molecule has 11 heteroatoms. The maximum absolute atomic E-state index is 11.7. The third-order valence-electron chi connectivity index (χ3n) is 2.39. The van der Waals surface area contributed by atoms with Gasteiger partial charge >= 0.3 is 5.97 Å². The second-order valence-electron chi connectivity index (χ2n) is 4.95. The van der Waals surface area contributed by atoms with Gasteiger partial charge in [-0.1, -0.05) is 0 Å². The minimum Gasteiger partial charge on any atom is -0.726 e. The lowest BCUT2D eigenvalue weighted by atomic mass is 10.1. The highest BCUT2D eigenvalue weighted by molar-refractivity contribution is 7.80. The van der Waals surface area contributed by atoms with Crippen molar-refractivity contribution in [2.75, 3.05) is 13.7 Å². The van der Waals surface area contributed by atoms with Crippen molar-refractivity contribution in [2.45, 2.75) is 19.4 Å². The molecule has 0 atom stereocenters. The van der Waals surface area contributed by atoms with Crippen LogP contribution in [-0.2, 0) is 26.4 Å². The zero-order valence-electron chi connectivity index (χ0n) is 13.0. The van der Waals surface area contributed by atoms with Gasteiger partial charge in [0.15, 0.2) is 12.4 Å². The summed E-state index contributed by atoms with van der Waals surface area (Å²) in [6, 6.07) is 3.46. The molecule has 0 aliphatic rings. The number of ether oxygens (including phenoxy) is 1. The van der Waals surface area contributed by atoms with Gasteiger partial charge in [0.2, 0.25) is 10.4 Å². The number of aryl methyl sites for hydroxylation is 1. The molecule has 0 spiro atoms. The minimum atomic E-state index is -4.41. The second kappa shape index (κ2) is 9.36. The van der Waals surface area contributed by atoms with E-state index in [0.29, 0.717) is 5.56 Å². The van der Waals surface area contributed by atoms with E-state index in [-0.39, 0.29) is 6.61 Å². The van der Waals surface area contributed by atoms with E-state index >= 15 is 0 Å². The zero-order valence-corrected chi connectivity index (χ0v) is 15.4. The van der Waals surface area contributed by atoms with Gasteiger partial charge < -0.3 is 9.29 Å². The molecular weight excluding hydrogens is 371 g/mol. The summed E-state index contributed by atoms with van der Waals surface area (Å²) in [5.41, 5.74) is -0.142. The van der Waals surface area contributed by atoms with Crippen LogP contribution in [0.2, 0.25) is 0 Å². The molecule has 1 aromatic rings. The van der Waals surface area contributed by atoms with Crippen molar-refractivity contribution in [3.05, 3.63) is 30.1 Å². The number of hydrogen-bond donors (Lipinski definition) is 0. The van der Waals surface area contributed by atoms with Gasteiger partial charge in [-0.05, 0) is 43.5 Å². The van der Waals surface area contributed by atoms with Crippen LogP contribution in [0.4, 0.5) is 0 Å². The summed E-state index contributed by atoms with van der Waals surface area (Å²) in [5, 5.41) is 0. The van der Waals surface area contributed by atoms with Crippen molar-refractivity contribution >= 4 is 39.9 Å². The second-order valence-corrected chi connectivity index (χ2v) is 6.95. The Balaban J connectivity index is 0.000000688. The Hall–Kier alpha value is -0.970. The van der Waals surface area contributed by atoms with Gasteiger partial charge in [0.05, 0.1) is 12.6 Å². The molecule has 1 aromatic heterocycles. The molecule has 0 amide bonds. The van der Waals surface area contributed by atoms with Crippen molar-refractivity contribution in [1.82, 2.24) is 3.94 Å². The predicted octanol–water partition coefficient (Wildman–Crippen LogP) is 1.15. The summed E-state index contributed by atoms with van der Waals surface area (Å²) < 4.78 is 38.9. The molecule has 0 aromatic carbocycles. The summed E-state index contributed by atoms with van der Waals surface area (Å²) in [6.07, 6.45) is 3.52. The fraction of sp³-hybridized carbons (Fsp3) is 0.500. The molecule has 0 saturated carbocycles. The number of hydrogen-bond acceptors (Lipinski definition) is 7. The number of halogens is 2. The Labute approximate surface area is 145 Å². The van der Waals surface area contributed by atoms with Gasteiger partial charge in [-0.15, -0.1) is 3.94 Å². The van der Waals surface area contributed by atoms with Crippen LogP contribution >= 0.6 is 23.6 Å². The smallest absolute Gasteiger partial charge is 0.344 e. The van der Waals surface area contributed by atoms with Crippen LogP contribution in [0.15, 0.2) is 24.5 Å². The minimum absolute atomic E-state index is 0.109. The lowest BCUT2D eigenvalue weighted by Crippen LogP contribution is -2.37. The molecule has 0 saturated heterocycles. The molecule has 23 heavy (non-hydrogen) atoms. The molecule has 1 heterocycles. The van der Waals surface area contributed by atoms with Gasteiger partial charge in [-0.25, -0.2) is 17.8 Å². The Morgan fingerprint density at radius 2 is 1.96 bits per heavy atom. The van der Waals surface area contributed by atoms with Gasteiger partial charge in [-0.3, -0.25) is 4.18 Å². The average Bonchev–Trinajstić information content (AvgIpc) is 2.44. The molecule has 0 radical (unpaired) electrons. The standard InChI is InChI=1S/C11H15Cl2N2O2.CH4O4S/c1-11(2,15(12)13)8-17-10(16)9-5-4-6-14(3)7-9;1-5-6(2,3)4/h4-7H,8H2,1-3H3;1H3,(H,2,3,4)/q+1;/p-1. The Morgan fingerprint density at radius 3 is 2.35 bits per heavy atom. The van der Waals surface area contributed by atoms with Crippen LogP contribution in [0.5, 0.6) is 0 Å². The van der Waals surface area contributed by atoms with Crippen molar-refractivity contribution < 1.29 is 31.3 Å². The number of esters is 1. The molecule has 0 aliphatic carbocycles. The lowest BCUT2D eigenvalue weighted by Gasteiger charge is -2.26. The molecule has 132 valence electrons. The SMILES string of the molecule is COS(=O)(=O)[O-].C[n+]1cccc(C(=O)OCC(C)(C)N(Cl)Cl)c1. The topological polar surface area (TPSA) is 99.8 Å². The van der Waals surface area contributed by atoms with E-state index in [1.165, 1.54) is 0 Å². The van der Waals surface area contributed by atoms with E-state index in [4.69, 9.17) is 28.3 Å². The quantitative estimate of drug-likeness (QED) is 0.245. The highest BCUT2D eigenvalue weighted by Crippen LogP contribution is 2.20. The third kappa shape index (κ3) is 9.69. The van der Waals surface area contributed by atoms with Crippen LogP contribution in [0, 0.1) is 0 Å². The summed E-state index contributed by atoms with van der Waals surface area (Å²) in [7, 11) is -1.77. The molecular formula is C12H18Cl2N2O6S. The lowest BCUT2D eigenvalue weighted by molar-refractivity contribution is -0.671. The van der Waals surface area contributed by atoms with E-state index in [9.17, 15) is 17.8 Å². The van der Waals surface area contributed by atoms with E-state index in [0.717, 1.165) is 11.0 Å². The number of rotatable bonds is 5. The van der Waals surface area contributed by atoms with Crippen LogP contribution < -0.4 is 4.57 Å². The van der Waals surface area contributed by atoms with Crippen molar-refractivity contribution in [1.29, 1.82) is 0 Å². The zero-order chi connectivity index (χ0) is 18.3. The van der Waals surface area contributed by atoms with Crippen LogP contribution in [0.1, 0.15) is 24.2 Å². The largest absolute Gasteiger partial charge is 0.726 e. The monoisotopic (exact) mass is 388 g/mol. The van der Waals surface area contributed by atoms with Crippen molar-refractivity contribution in [3.63, 3.8) is 0 Å². The highest BCUT2D eigenvalue weighted by atomic mass is 35.5. The number of aromatic nitrogens is 1. The van der Waals surface area contributed by atoms with Gasteiger partial charge in [0.25, 0.3) is 0 Å². The number of carbonyl (C=O) groups excluding carboxylic acids is 1. The highest BCUT2D eigenvalue weighted by Gasteiger charge is 2.27. The Bertz CT molecular complexity index is 622. The fourth-order valence-corrected chi connectivity index (χ4v) is 1.18. The number of pyridine rings is 1. The Kier molecular flexibility index (Phi) is 8.96. The third-order valence-corrected chi connectivity index (χ3v) is 3.72. The van der Waals surface area contributed by atoms with Gasteiger partial charge in [-0.2, -0.15) is 0 Å². The molecule has 0 fully saturated rings. The van der Waals surface area contributed by atoms with Gasteiger partial charge in [0, 0.05) is 6.07 Å². The van der Waals surface area contributed by atoms with Crippen molar-refractivity contribution in [2.24, 2.45) is 7.05 Å². The molecule has 0 aliphatic heterocycles. The van der Waals surface area contributed by atoms with Crippen LogP contribution in [0.3, 0.4) is 0 Å². The maximum atomic E-state index is 11.7. The van der Waals surface area contributed by atoms with Crippen LogP contribution in [0.25, 0.3) is 0 Å². The van der Waals surface area contributed by atoms with Crippen molar-refractivity contribution in [3.8, 4) is 0 Å². The predicted molar refractivity (Wildman–Crippen MR) is 82.2 cm³/mol. The summed E-state index contributed by atoms with van der Waals surface area (Å²) >= 11 is 11.3.